The third-order valence-corrected chi connectivity index (χ3v) is 3.32. The molecule has 0 bridgehead atoms. The summed E-state index contributed by atoms with van der Waals surface area (Å²) < 4.78 is 1.13. The molecule has 0 amide bonds. The predicted molar refractivity (Wildman–Crippen MR) is 54.7 cm³/mol. The molecule has 0 aliphatic carbocycles. The fourth-order valence-corrected chi connectivity index (χ4v) is 2.49. The van der Waals surface area contributed by atoms with Crippen molar-refractivity contribution in [1.82, 2.24) is 0 Å². The van der Waals surface area contributed by atoms with Gasteiger partial charge in [0.1, 0.15) is 0 Å². The van der Waals surface area contributed by atoms with Crippen molar-refractivity contribution in [2.75, 3.05) is 6.54 Å². The molecule has 0 fully saturated rings. The van der Waals surface area contributed by atoms with Gasteiger partial charge in [-0.15, -0.1) is 11.3 Å². The number of rotatable bonds is 3. The highest BCUT2D eigenvalue weighted by Gasteiger charge is 2.03. The summed E-state index contributed by atoms with van der Waals surface area (Å²) in [6.07, 6.45) is 0.874. The summed E-state index contributed by atoms with van der Waals surface area (Å²) >= 11 is 5.14. The van der Waals surface area contributed by atoms with E-state index in [0.717, 1.165) is 16.5 Å². The van der Waals surface area contributed by atoms with Crippen molar-refractivity contribution in [3.8, 4) is 0 Å². The Morgan fingerprint density at radius 3 is 2.91 bits per heavy atom. The van der Waals surface area contributed by atoms with Gasteiger partial charge in [0, 0.05) is 9.35 Å². The van der Waals surface area contributed by atoms with Gasteiger partial charge in [-0.3, -0.25) is 0 Å². The molecule has 0 saturated heterocycles. The first-order valence-corrected chi connectivity index (χ1v) is 5.04. The van der Waals surface area contributed by atoms with E-state index in [1.54, 1.807) is 11.3 Å². The summed E-state index contributed by atoms with van der Waals surface area (Å²) in [6.45, 7) is 4.62. The van der Waals surface area contributed by atoms with Crippen LogP contribution in [0, 0.1) is 0 Å². The van der Waals surface area contributed by atoms with Gasteiger partial charge < -0.3 is 5.73 Å². The molecule has 1 aromatic heterocycles. The van der Waals surface area contributed by atoms with E-state index in [4.69, 9.17) is 5.73 Å². The van der Waals surface area contributed by atoms with Gasteiger partial charge in [-0.05, 0) is 45.9 Å². The van der Waals surface area contributed by atoms with Gasteiger partial charge in [0.05, 0.1) is 0 Å². The van der Waals surface area contributed by atoms with Crippen LogP contribution in [0.3, 0.4) is 0 Å². The molecular weight excluding hydrogens is 222 g/mol. The number of thiophene rings is 1. The molecule has 2 N–H and O–H groups in total. The van der Waals surface area contributed by atoms with E-state index < -0.39 is 0 Å². The molecule has 3 heteroatoms. The Labute approximate surface area is 79.0 Å². The fraction of sp³-hybridized carbons (Fsp3) is 0.250. The minimum Gasteiger partial charge on any atom is -0.330 e. The molecule has 0 aromatic carbocycles. The molecule has 0 aliphatic heterocycles. The van der Waals surface area contributed by atoms with Crippen LogP contribution in [0.5, 0.6) is 0 Å². The van der Waals surface area contributed by atoms with Gasteiger partial charge >= 0.3 is 0 Å². The van der Waals surface area contributed by atoms with Gasteiger partial charge in [0.15, 0.2) is 0 Å². The van der Waals surface area contributed by atoms with Crippen molar-refractivity contribution in [2.24, 2.45) is 5.73 Å². The molecule has 0 aliphatic rings. The maximum atomic E-state index is 5.41. The Morgan fingerprint density at radius 1 is 1.73 bits per heavy atom. The van der Waals surface area contributed by atoms with Gasteiger partial charge in [0.25, 0.3) is 0 Å². The first-order chi connectivity index (χ1) is 5.25. The lowest BCUT2D eigenvalue weighted by Gasteiger charge is -2.00. The highest BCUT2D eigenvalue weighted by atomic mass is 79.9. The summed E-state index contributed by atoms with van der Waals surface area (Å²) in [5, 5.41) is 2.04. The molecule has 0 atom stereocenters. The highest BCUT2D eigenvalue weighted by Crippen LogP contribution is 2.29. The van der Waals surface area contributed by atoms with Crippen LogP contribution in [0.4, 0.5) is 0 Å². The van der Waals surface area contributed by atoms with Crippen molar-refractivity contribution in [3.63, 3.8) is 0 Å². The van der Waals surface area contributed by atoms with Gasteiger partial charge in [-0.2, -0.15) is 0 Å². The summed E-state index contributed by atoms with van der Waals surface area (Å²) in [7, 11) is 0. The molecule has 0 spiro atoms. The Hall–Kier alpha value is -0.120. The molecular formula is C8H10BrNS. The zero-order chi connectivity index (χ0) is 8.27. The average Bonchev–Trinajstić information content (AvgIpc) is 2.36. The van der Waals surface area contributed by atoms with Gasteiger partial charge in [-0.25, -0.2) is 0 Å². The third kappa shape index (κ3) is 2.15. The lowest BCUT2D eigenvalue weighted by atomic mass is 10.2. The van der Waals surface area contributed by atoms with Crippen LogP contribution in [-0.2, 0) is 0 Å². The SMILES string of the molecule is C=C(CCN)c1sccc1Br. The van der Waals surface area contributed by atoms with E-state index in [-0.39, 0.29) is 0 Å². The Balaban J connectivity index is 2.76. The fourth-order valence-electron chi connectivity index (χ4n) is 0.834. The lowest BCUT2D eigenvalue weighted by Crippen LogP contribution is -1.98. The van der Waals surface area contributed by atoms with E-state index in [1.807, 2.05) is 11.4 Å². The largest absolute Gasteiger partial charge is 0.330 e. The van der Waals surface area contributed by atoms with Gasteiger partial charge in [0.2, 0.25) is 0 Å². The van der Waals surface area contributed by atoms with Crippen LogP contribution in [0.15, 0.2) is 22.5 Å². The van der Waals surface area contributed by atoms with Crippen LogP contribution in [0.1, 0.15) is 11.3 Å². The lowest BCUT2D eigenvalue weighted by molar-refractivity contribution is 1.03. The number of hydrogen-bond acceptors (Lipinski definition) is 2. The van der Waals surface area contributed by atoms with E-state index in [0.29, 0.717) is 6.54 Å². The van der Waals surface area contributed by atoms with Crippen molar-refractivity contribution in [3.05, 3.63) is 27.4 Å². The molecule has 1 aromatic rings. The van der Waals surface area contributed by atoms with Crippen molar-refractivity contribution < 1.29 is 0 Å². The van der Waals surface area contributed by atoms with Crippen LogP contribution in [-0.4, -0.2) is 6.54 Å². The molecule has 60 valence electrons. The standard InChI is InChI=1S/C8H10BrNS/c1-6(2-4-10)8-7(9)3-5-11-8/h3,5H,1-2,4,10H2. The maximum Gasteiger partial charge on any atom is 0.0439 e. The van der Waals surface area contributed by atoms with Crippen molar-refractivity contribution >= 4 is 32.8 Å². The topological polar surface area (TPSA) is 26.0 Å². The normalized spacial score (nSPS) is 10.0. The van der Waals surface area contributed by atoms with E-state index in [1.165, 1.54) is 4.88 Å². The van der Waals surface area contributed by atoms with E-state index >= 15 is 0 Å². The number of halogens is 1. The summed E-state index contributed by atoms with van der Waals surface area (Å²) in [5.74, 6) is 0. The second kappa shape index (κ2) is 4.04. The quantitative estimate of drug-likeness (QED) is 0.851. The molecule has 1 rings (SSSR count). The molecule has 1 nitrogen and oxygen atoms in total. The summed E-state index contributed by atoms with van der Waals surface area (Å²) in [4.78, 5) is 1.22. The molecule has 0 saturated carbocycles. The monoisotopic (exact) mass is 231 g/mol. The molecule has 0 unspecified atom stereocenters. The Bertz CT molecular complexity index is 254. The number of hydrogen-bond donors (Lipinski definition) is 1. The number of nitrogens with two attached hydrogens (primary N) is 1. The van der Waals surface area contributed by atoms with Crippen LogP contribution < -0.4 is 5.73 Å². The molecule has 0 radical (unpaired) electrons. The zero-order valence-electron chi connectivity index (χ0n) is 6.14. The van der Waals surface area contributed by atoms with E-state index in [9.17, 15) is 0 Å². The molecule has 1 heterocycles. The smallest absolute Gasteiger partial charge is 0.0439 e. The minimum atomic E-state index is 0.670. The molecule has 11 heavy (non-hydrogen) atoms. The Morgan fingerprint density at radius 2 is 2.45 bits per heavy atom. The second-order valence-corrected chi connectivity index (χ2v) is 4.01. The summed E-state index contributed by atoms with van der Waals surface area (Å²) in [6, 6.07) is 2.03. The highest BCUT2D eigenvalue weighted by molar-refractivity contribution is 9.10. The van der Waals surface area contributed by atoms with Crippen molar-refractivity contribution in [2.45, 2.75) is 6.42 Å². The Kier molecular flexibility index (Phi) is 3.30. The van der Waals surface area contributed by atoms with Crippen LogP contribution >= 0.6 is 27.3 Å². The first-order valence-electron chi connectivity index (χ1n) is 3.37. The third-order valence-electron chi connectivity index (χ3n) is 1.38. The van der Waals surface area contributed by atoms with Gasteiger partial charge in [-0.1, -0.05) is 6.58 Å². The van der Waals surface area contributed by atoms with Crippen molar-refractivity contribution in [1.29, 1.82) is 0 Å². The van der Waals surface area contributed by atoms with E-state index in [2.05, 4.69) is 22.5 Å². The summed E-state index contributed by atoms with van der Waals surface area (Å²) in [5.41, 5.74) is 6.53. The van der Waals surface area contributed by atoms with Crippen LogP contribution in [0.2, 0.25) is 0 Å². The first kappa shape index (κ1) is 8.97. The average molecular weight is 232 g/mol. The maximum absolute atomic E-state index is 5.41. The predicted octanol–water partition coefficient (Wildman–Crippen LogP) is 2.87. The van der Waals surface area contributed by atoms with Crippen LogP contribution in [0.25, 0.3) is 5.57 Å². The zero-order valence-corrected chi connectivity index (χ0v) is 8.54. The minimum absolute atomic E-state index is 0.670. The second-order valence-electron chi connectivity index (χ2n) is 2.24.